The Labute approximate surface area is 154 Å². The minimum atomic E-state index is -0.0675. The van der Waals surface area contributed by atoms with E-state index in [9.17, 15) is 5.11 Å². The van der Waals surface area contributed by atoms with Gasteiger partial charge < -0.3 is 14.2 Å². The van der Waals surface area contributed by atoms with Crippen molar-refractivity contribution in [2.45, 2.75) is 69.9 Å². The highest BCUT2D eigenvalue weighted by molar-refractivity contribution is 5.12. The summed E-state index contributed by atoms with van der Waals surface area (Å²) in [4.78, 5) is 2.42. The molecule has 2 fully saturated rings. The number of aliphatic hydroxyl groups excluding tert-OH is 1. The minimum absolute atomic E-state index is 0.0675. The quantitative estimate of drug-likeness (QED) is 0.884. The van der Waals surface area contributed by atoms with E-state index in [-0.39, 0.29) is 6.61 Å². The number of hydrogen-bond acceptors (Lipinski definition) is 6. The van der Waals surface area contributed by atoms with Crippen molar-refractivity contribution in [3.8, 4) is 0 Å². The van der Waals surface area contributed by atoms with Gasteiger partial charge in [0, 0.05) is 31.5 Å². The van der Waals surface area contributed by atoms with Crippen LogP contribution in [-0.2, 0) is 20.2 Å². The van der Waals surface area contributed by atoms with E-state index in [1.165, 1.54) is 32.1 Å². The van der Waals surface area contributed by atoms with Crippen molar-refractivity contribution in [2.75, 3.05) is 13.1 Å². The Balaban J connectivity index is 1.39. The minimum Gasteiger partial charge on any atom is -0.388 e. The number of hydrogen-bond donors (Lipinski definition) is 1. The normalized spacial score (nSPS) is 22.8. The maximum atomic E-state index is 9.33. The lowest BCUT2D eigenvalue weighted by Crippen LogP contribution is -2.34. The van der Waals surface area contributed by atoms with E-state index >= 15 is 0 Å². The van der Waals surface area contributed by atoms with Crippen LogP contribution in [0.1, 0.15) is 79.9 Å². The van der Waals surface area contributed by atoms with Crippen LogP contribution >= 0.6 is 0 Å². The Morgan fingerprint density at radius 2 is 1.92 bits per heavy atom. The van der Waals surface area contributed by atoms with Crippen LogP contribution in [0.3, 0.4) is 0 Å². The van der Waals surface area contributed by atoms with Crippen molar-refractivity contribution in [1.82, 2.24) is 24.8 Å². The van der Waals surface area contributed by atoms with Crippen LogP contribution in [0.2, 0.25) is 0 Å². The van der Waals surface area contributed by atoms with Gasteiger partial charge in [0.25, 0.3) is 0 Å². The van der Waals surface area contributed by atoms with Crippen LogP contribution in [0.5, 0.6) is 0 Å². The van der Waals surface area contributed by atoms with Crippen molar-refractivity contribution in [3.05, 3.63) is 29.2 Å². The molecule has 0 aromatic carbocycles. The summed E-state index contributed by atoms with van der Waals surface area (Å²) < 4.78 is 7.58. The average Bonchev–Trinajstić information content (AvgIpc) is 3.29. The Morgan fingerprint density at radius 1 is 1.12 bits per heavy atom. The molecular formula is C19H29N5O2. The SMILES string of the molecule is Cn1c(CO)nnc1[C@@H]1CCCN(Cc2cc(C3CCCCC3)no2)C1. The molecule has 1 saturated carbocycles. The summed E-state index contributed by atoms with van der Waals surface area (Å²) in [5.74, 6) is 3.51. The molecule has 26 heavy (non-hydrogen) atoms. The average molecular weight is 359 g/mol. The number of rotatable bonds is 5. The summed E-state index contributed by atoms with van der Waals surface area (Å²) in [7, 11) is 1.94. The van der Waals surface area contributed by atoms with Crippen LogP contribution in [0.15, 0.2) is 10.6 Å². The van der Waals surface area contributed by atoms with Gasteiger partial charge in [-0.1, -0.05) is 24.4 Å². The molecule has 1 saturated heterocycles. The largest absolute Gasteiger partial charge is 0.388 e. The van der Waals surface area contributed by atoms with Crippen LogP contribution in [0.4, 0.5) is 0 Å². The van der Waals surface area contributed by atoms with Gasteiger partial charge in [-0.2, -0.15) is 0 Å². The zero-order valence-electron chi connectivity index (χ0n) is 15.6. The summed E-state index contributed by atoms with van der Waals surface area (Å²) in [6, 6.07) is 2.17. The Morgan fingerprint density at radius 3 is 2.69 bits per heavy atom. The van der Waals surface area contributed by atoms with Crippen molar-refractivity contribution >= 4 is 0 Å². The molecule has 7 heteroatoms. The molecule has 0 amide bonds. The number of piperidine rings is 1. The van der Waals surface area contributed by atoms with Gasteiger partial charge in [-0.05, 0) is 32.2 Å². The van der Waals surface area contributed by atoms with E-state index in [0.29, 0.717) is 17.7 Å². The molecular weight excluding hydrogens is 330 g/mol. The van der Waals surface area contributed by atoms with Gasteiger partial charge in [0.05, 0.1) is 12.2 Å². The summed E-state index contributed by atoms with van der Waals surface area (Å²) in [6.45, 7) is 2.75. The molecule has 0 bridgehead atoms. The molecule has 0 spiro atoms. The maximum Gasteiger partial charge on any atom is 0.158 e. The number of nitrogens with zero attached hydrogens (tertiary/aromatic N) is 5. The molecule has 1 atom stereocenters. The molecule has 0 radical (unpaired) electrons. The number of likely N-dealkylation sites (tertiary alicyclic amines) is 1. The molecule has 1 aliphatic carbocycles. The van der Waals surface area contributed by atoms with Crippen LogP contribution in [0.25, 0.3) is 0 Å². The third-order valence-electron chi connectivity index (χ3n) is 5.99. The van der Waals surface area contributed by atoms with Gasteiger partial charge >= 0.3 is 0 Å². The second-order valence-corrected chi connectivity index (χ2v) is 7.82. The zero-order valence-corrected chi connectivity index (χ0v) is 15.6. The van der Waals surface area contributed by atoms with Crippen molar-refractivity contribution in [1.29, 1.82) is 0 Å². The van der Waals surface area contributed by atoms with Gasteiger partial charge in [0.15, 0.2) is 11.6 Å². The fraction of sp³-hybridized carbons (Fsp3) is 0.737. The van der Waals surface area contributed by atoms with E-state index in [4.69, 9.17) is 4.52 Å². The highest BCUT2D eigenvalue weighted by Crippen LogP contribution is 2.33. The first kappa shape index (κ1) is 17.7. The lowest BCUT2D eigenvalue weighted by atomic mass is 9.87. The predicted octanol–water partition coefficient (Wildman–Crippen LogP) is 2.72. The standard InChI is InChI=1S/C19H29N5O2/c1-23-18(13-25)20-21-19(23)15-8-5-9-24(11-15)12-16-10-17(22-26-16)14-6-3-2-4-7-14/h10,14-15,25H,2-9,11-13H2,1H3/t15-/m1/s1. The van der Waals surface area contributed by atoms with Crippen molar-refractivity contribution in [3.63, 3.8) is 0 Å². The first-order chi connectivity index (χ1) is 12.7. The number of aliphatic hydroxyl groups is 1. The molecule has 1 N–H and O–H groups in total. The van der Waals surface area contributed by atoms with Crippen LogP contribution in [-0.4, -0.2) is 43.0 Å². The Bertz CT molecular complexity index is 719. The maximum absolute atomic E-state index is 9.33. The molecule has 3 heterocycles. The second kappa shape index (κ2) is 7.88. The monoisotopic (exact) mass is 359 g/mol. The van der Waals surface area contributed by atoms with Gasteiger partial charge in [0.1, 0.15) is 12.4 Å². The Hall–Kier alpha value is -1.73. The molecule has 0 unspecified atom stereocenters. The first-order valence-electron chi connectivity index (χ1n) is 9.91. The molecule has 142 valence electrons. The lowest BCUT2D eigenvalue weighted by molar-refractivity contribution is 0.175. The molecule has 7 nitrogen and oxygen atoms in total. The van der Waals surface area contributed by atoms with E-state index in [1.54, 1.807) is 0 Å². The fourth-order valence-corrected chi connectivity index (χ4v) is 4.49. The smallest absolute Gasteiger partial charge is 0.158 e. The molecule has 1 aliphatic heterocycles. The lowest BCUT2D eigenvalue weighted by Gasteiger charge is -2.31. The van der Waals surface area contributed by atoms with E-state index in [1.807, 2.05) is 11.6 Å². The zero-order chi connectivity index (χ0) is 17.9. The van der Waals surface area contributed by atoms with Gasteiger partial charge in [-0.3, -0.25) is 4.90 Å². The van der Waals surface area contributed by atoms with Crippen LogP contribution in [0, 0.1) is 0 Å². The third-order valence-corrected chi connectivity index (χ3v) is 5.99. The summed E-state index contributed by atoms with van der Waals surface area (Å²) in [5, 5.41) is 22.1. The summed E-state index contributed by atoms with van der Waals surface area (Å²) in [5.41, 5.74) is 1.15. The predicted molar refractivity (Wildman–Crippen MR) is 96.5 cm³/mol. The first-order valence-corrected chi connectivity index (χ1v) is 9.91. The second-order valence-electron chi connectivity index (χ2n) is 7.82. The Kier molecular flexibility index (Phi) is 5.36. The van der Waals surface area contributed by atoms with E-state index in [0.717, 1.165) is 49.8 Å². The van der Waals surface area contributed by atoms with Gasteiger partial charge in [0.2, 0.25) is 0 Å². The molecule has 2 aromatic heterocycles. The van der Waals surface area contributed by atoms with Crippen molar-refractivity contribution in [2.24, 2.45) is 7.05 Å². The highest BCUT2D eigenvalue weighted by Gasteiger charge is 2.27. The highest BCUT2D eigenvalue weighted by atomic mass is 16.5. The summed E-state index contributed by atoms with van der Waals surface area (Å²) >= 11 is 0. The van der Waals surface area contributed by atoms with E-state index < -0.39 is 0 Å². The fourth-order valence-electron chi connectivity index (χ4n) is 4.49. The molecule has 2 aliphatic rings. The third kappa shape index (κ3) is 3.69. The van der Waals surface area contributed by atoms with Crippen molar-refractivity contribution < 1.29 is 9.63 Å². The van der Waals surface area contributed by atoms with Gasteiger partial charge in [-0.25, -0.2) is 0 Å². The van der Waals surface area contributed by atoms with E-state index in [2.05, 4.69) is 26.3 Å². The summed E-state index contributed by atoms with van der Waals surface area (Å²) in [6.07, 6.45) is 8.72. The topological polar surface area (TPSA) is 80.2 Å². The van der Waals surface area contributed by atoms with Crippen LogP contribution < -0.4 is 0 Å². The van der Waals surface area contributed by atoms with Gasteiger partial charge in [-0.15, -0.1) is 10.2 Å². The number of aromatic nitrogens is 4. The molecule has 4 rings (SSSR count). The molecule has 2 aromatic rings.